The van der Waals surface area contributed by atoms with Crippen molar-refractivity contribution in [3.8, 4) is 0 Å². The predicted octanol–water partition coefficient (Wildman–Crippen LogP) is 3.91. The van der Waals surface area contributed by atoms with Gasteiger partial charge in [0.2, 0.25) is 18.1 Å². The lowest BCUT2D eigenvalue weighted by Crippen LogP contribution is -2.37. The number of aryl methyl sites for hydroxylation is 1. The van der Waals surface area contributed by atoms with Crippen LogP contribution in [-0.2, 0) is 8.85 Å². The van der Waals surface area contributed by atoms with Crippen LogP contribution in [0.25, 0.3) is 0 Å². The second-order valence-corrected chi connectivity index (χ2v) is 10.7. The molecule has 2 radical (unpaired) electrons. The van der Waals surface area contributed by atoms with E-state index in [1.54, 1.807) is 0 Å². The highest BCUT2D eigenvalue weighted by molar-refractivity contribution is 6.68. The van der Waals surface area contributed by atoms with Gasteiger partial charge < -0.3 is 8.85 Å². The summed E-state index contributed by atoms with van der Waals surface area (Å²) in [6, 6.07) is 11.2. The van der Waals surface area contributed by atoms with E-state index in [0.29, 0.717) is 0 Å². The van der Waals surface area contributed by atoms with Crippen LogP contribution in [-0.4, -0.2) is 31.3 Å². The molecule has 2 aliphatic heterocycles. The molecule has 4 heteroatoms. The number of allylic oxidation sites excluding steroid dienone is 1. The second-order valence-electron chi connectivity index (χ2n) is 6.05. The minimum atomic E-state index is -0.656. The Balaban J connectivity index is 0.000000172. The molecule has 2 fully saturated rings. The average Bonchev–Trinajstić information content (AvgIpc) is 2.57. The van der Waals surface area contributed by atoms with Gasteiger partial charge in [0, 0.05) is 13.2 Å². The van der Waals surface area contributed by atoms with Crippen molar-refractivity contribution < 1.29 is 8.85 Å². The maximum absolute atomic E-state index is 5.85. The van der Waals surface area contributed by atoms with Gasteiger partial charge in [-0.25, -0.2) is 0 Å². The van der Waals surface area contributed by atoms with Gasteiger partial charge in [-0.1, -0.05) is 42.3 Å². The van der Waals surface area contributed by atoms with Gasteiger partial charge in [0.1, 0.15) is 0 Å². The fraction of sp³-hybridized carbons (Fsp3) is 0.556. The summed E-state index contributed by atoms with van der Waals surface area (Å²) in [5.41, 5.74) is 1.40. The van der Waals surface area contributed by atoms with E-state index >= 15 is 0 Å². The summed E-state index contributed by atoms with van der Waals surface area (Å²) < 4.78 is 11.4. The smallest absolute Gasteiger partial charge is 0.246 e. The first-order valence-corrected chi connectivity index (χ1v) is 11.6. The molecule has 1 aromatic carbocycles. The van der Waals surface area contributed by atoms with E-state index in [2.05, 4.69) is 44.7 Å². The number of benzene rings is 1. The molecule has 120 valence electrons. The average molecular weight is 333 g/mol. The molecule has 0 saturated carbocycles. The third-order valence-electron chi connectivity index (χ3n) is 4.07. The molecule has 0 amide bonds. The Labute approximate surface area is 139 Å². The molecule has 0 spiro atoms. The SMILES string of the molecule is C=C(C)[Si]1CCCCO1.Cc1ccccc1[Si]1CCCCO1. The topological polar surface area (TPSA) is 18.5 Å². The van der Waals surface area contributed by atoms with Crippen LogP contribution in [0.4, 0.5) is 0 Å². The van der Waals surface area contributed by atoms with E-state index in [-0.39, 0.29) is 0 Å². The predicted molar refractivity (Wildman–Crippen MR) is 97.1 cm³/mol. The lowest BCUT2D eigenvalue weighted by atomic mass is 10.2. The Hall–Kier alpha value is -0.686. The third-order valence-corrected chi connectivity index (χ3v) is 8.90. The minimum absolute atomic E-state index is 0.560. The van der Waals surface area contributed by atoms with E-state index in [0.717, 1.165) is 13.2 Å². The van der Waals surface area contributed by atoms with Gasteiger partial charge in [0.25, 0.3) is 0 Å². The Morgan fingerprint density at radius 1 is 1.00 bits per heavy atom. The zero-order valence-corrected chi connectivity index (χ0v) is 16.0. The maximum Gasteiger partial charge on any atom is 0.246 e. The van der Waals surface area contributed by atoms with E-state index in [1.165, 1.54) is 53.7 Å². The summed E-state index contributed by atoms with van der Waals surface area (Å²) in [6.07, 6.45) is 5.20. The summed E-state index contributed by atoms with van der Waals surface area (Å²) in [4.78, 5) is 0. The van der Waals surface area contributed by atoms with Crippen LogP contribution in [0.15, 0.2) is 36.0 Å². The van der Waals surface area contributed by atoms with Crippen molar-refractivity contribution in [2.45, 2.75) is 51.6 Å². The van der Waals surface area contributed by atoms with Crippen molar-refractivity contribution >= 4 is 23.3 Å². The van der Waals surface area contributed by atoms with E-state index in [1.807, 2.05) is 0 Å². The zero-order chi connectivity index (χ0) is 15.8. The maximum atomic E-state index is 5.85. The van der Waals surface area contributed by atoms with Gasteiger partial charge >= 0.3 is 0 Å². The molecular weight excluding hydrogens is 304 g/mol. The van der Waals surface area contributed by atoms with Crippen LogP contribution in [0.5, 0.6) is 0 Å². The number of rotatable bonds is 2. The van der Waals surface area contributed by atoms with Crippen molar-refractivity contribution in [2.24, 2.45) is 0 Å². The fourth-order valence-corrected chi connectivity index (χ4v) is 6.86. The largest absolute Gasteiger partial charge is 0.412 e. The molecular formula is C18H28O2Si2. The molecule has 0 aromatic heterocycles. The highest BCUT2D eigenvalue weighted by atomic mass is 28.3. The molecule has 0 atom stereocenters. The van der Waals surface area contributed by atoms with Crippen LogP contribution < -0.4 is 5.19 Å². The molecule has 1 aromatic rings. The standard InChI is InChI=1S/C11H15OSi.C7H13OSi/c1-10-6-2-3-7-11(10)13-9-5-4-8-12-13;1-7(2)9-6-4-3-5-8-9/h2-3,6-7H,4-5,8-9H2,1H3;1,3-6H2,2H3. The van der Waals surface area contributed by atoms with Crippen LogP contribution in [0, 0.1) is 6.92 Å². The molecule has 0 bridgehead atoms. The summed E-state index contributed by atoms with van der Waals surface area (Å²) >= 11 is 0. The monoisotopic (exact) mass is 332 g/mol. The lowest BCUT2D eigenvalue weighted by molar-refractivity contribution is 0.292. The number of hydrogen-bond acceptors (Lipinski definition) is 2. The van der Waals surface area contributed by atoms with Crippen molar-refractivity contribution in [3.63, 3.8) is 0 Å². The Bertz CT molecular complexity index is 464. The highest BCUT2D eigenvalue weighted by Gasteiger charge is 2.20. The van der Waals surface area contributed by atoms with E-state index in [4.69, 9.17) is 8.85 Å². The highest BCUT2D eigenvalue weighted by Crippen LogP contribution is 2.15. The second kappa shape index (κ2) is 9.45. The zero-order valence-electron chi connectivity index (χ0n) is 14.0. The van der Waals surface area contributed by atoms with Gasteiger partial charge in [0.05, 0.1) is 0 Å². The van der Waals surface area contributed by atoms with Crippen LogP contribution in [0.2, 0.25) is 12.1 Å². The van der Waals surface area contributed by atoms with Gasteiger partial charge in [0.15, 0.2) is 0 Å². The first-order chi connectivity index (χ1) is 10.7. The van der Waals surface area contributed by atoms with Gasteiger partial charge in [-0.05, 0) is 49.5 Å². The fourth-order valence-electron chi connectivity index (χ4n) is 2.75. The van der Waals surface area contributed by atoms with Crippen molar-refractivity contribution in [3.05, 3.63) is 41.6 Å². The normalized spacial score (nSPS) is 20.1. The molecule has 2 nitrogen and oxygen atoms in total. The summed E-state index contributed by atoms with van der Waals surface area (Å²) in [6.45, 7) is 10.1. The van der Waals surface area contributed by atoms with Crippen LogP contribution in [0.1, 0.15) is 38.2 Å². The first-order valence-electron chi connectivity index (χ1n) is 8.37. The molecule has 3 rings (SSSR count). The lowest BCUT2D eigenvalue weighted by Gasteiger charge is -2.21. The van der Waals surface area contributed by atoms with E-state index < -0.39 is 18.1 Å². The Morgan fingerprint density at radius 3 is 2.18 bits per heavy atom. The summed E-state index contributed by atoms with van der Waals surface area (Å²) in [5, 5.41) is 2.76. The van der Waals surface area contributed by atoms with Gasteiger partial charge in [-0.2, -0.15) is 0 Å². The molecule has 0 aliphatic carbocycles. The molecule has 2 saturated heterocycles. The molecule has 22 heavy (non-hydrogen) atoms. The van der Waals surface area contributed by atoms with Gasteiger partial charge in [-0.15, -0.1) is 6.58 Å². The third kappa shape index (κ3) is 5.50. The minimum Gasteiger partial charge on any atom is -0.412 e. The Kier molecular flexibility index (Phi) is 7.59. The van der Waals surface area contributed by atoms with E-state index in [9.17, 15) is 0 Å². The van der Waals surface area contributed by atoms with Crippen LogP contribution >= 0.6 is 0 Å². The quantitative estimate of drug-likeness (QED) is 0.765. The van der Waals surface area contributed by atoms with Gasteiger partial charge in [-0.3, -0.25) is 0 Å². The summed E-state index contributed by atoms with van der Waals surface area (Å²) in [7, 11) is -1.22. The Morgan fingerprint density at radius 2 is 1.68 bits per heavy atom. The molecule has 2 heterocycles. The summed E-state index contributed by atoms with van der Waals surface area (Å²) in [5.74, 6) is 0. The van der Waals surface area contributed by atoms with Crippen LogP contribution in [0.3, 0.4) is 0 Å². The van der Waals surface area contributed by atoms with Crippen molar-refractivity contribution in [2.75, 3.05) is 13.2 Å². The van der Waals surface area contributed by atoms with Crippen molar-refractivity contribution in [1.29, 1.82) is 0 Å². The first kappa shape index (κ1) is 17.7. The molecule has 2 aliphatic rings. The number of hydrogen-bond donors (Lipinski definition) is 0. The van der Waals surface area contributed by atoms with Crippen molar-refractivity contribution in [1.82, 2.24) is 0 Å². The molecule has 0 N–H and O–H groups in total. The molecule has 0 unspecified atom stereocenters.